The van der Waals surface area contributed by atoms with Crippen LogP contribution in [0.2, 0.25) is 0 Å². The number of rotatable bonds is 0. The molecule has 1 aromatic carbocycles. The molecule has 0 radical (unpaired) electrons. The van der Waals surface area contributed by atoms with E-state index < -0.39 is 11.6 Å². The highest BCUT2D eigenvalue weighted by molar-refractivity contribution is 5.36. The summed E-state index contributed by atoms with van der Waals surface area (Å²) in [6.45, 7) is 0. The summed E-state index contributed by atoms with van der Waals surface area (Å²) >= 11 is 0. The zero-order valence-corrected chi connectivity index (χ0v) is 6.48. The van der Waals surface area contributed by atoms with E-state index >= 15 is 0 Å². The van der Waals surface area contributed by atoms with E-state index in [1.807, 2.05) is 0 Å². The standard InChI is InChI=1S/C9H9F2N/c10-6-3-1-5-2-4-7(12)8(5)9(6)11/h1,3,7H,2,4,12H2. The number of fused-ring (bicyclic) bond motifs is 1. The minimum atomic E-state index is -0.800. The minimum absolute atomic E-state index is 0.323. The summed E-state index contributed by atoms with van der Waals surface area (Å²) in [4.78, 5) is 0. The first-order valence-electron chi connectivity index (χ1n) is 3.92. The molecular weight excluding hydrogens is 160 g/mol. The highest BCUT2D eigenvalue weighted by atomic mass is 19.2. The summed E-state index contributed by atoms with van der Waals surface area (Å²) in [7, 11) is 0. The molecule has 1 aliphatic rings. The summed E-state index contributed by atoms with van der Waals surface area (Å²) in [5, 5.41) is 0. The van der Waals surface area contributed by atoms with Gasteiger partial charge < -0.3 is 5.73 Å². The van der Waals surface area contributed by atoms with Crippen molar-refractivity contribution in [2.24, 2.45) is 5.73 Å². The fourth-order valence-electron chi connectivity index (χ4n) is 1.68. The summed E-state index contributed by atoms with van der Waals surface area (Å²) in [5.41, 5.74) is 6.83. The van der Waals surface area contributed by atoms with Gasteiger partial charge in [-0.1, -0.05) is 6.07 Å². The van der Waals surface area contributed by atoms with Gasteiger partial charge in [0.1, 0.15) is 0 Å². The first-order chi connectivity index (χ1) is 5.70. The van der Waals surface area contributed by atoms with Crippen LogP contribution >= 0.6 is 0 Å². The van der Waals surface area contributed by atoms with Crippen molar-refractivity contribution in [1.29, 1.82) is 0 Å². The van der Waals surface area contributed by atoms with Crippen molar-refractivity contribution in [3.63, 3.8) is 0 Å². The molecule has 0 aromatic heterocycles. The molecule has 0 bridgehead atoms. The highest BCUT2D eigenvalue weighted by Gasteiger charge is 2.24. The molecule has 1 unspecified atom stereocenters. The number of halogens is 2. The fourth-order valence-corrected chi connectivity index (χ4v) is 1.68. The molecule has 0 aliphatic heterocycles. The van der Waals surface area contributed by atoms with Gasteiger partial charge in [-0.3, -0.25) is 0 Å². The zero-order valence-electron chi connectivity index (χ0n) is 6.48. The second kappa shape index (κ2) is 2.52. The Morgan fingerprint density at radius 2 is 2.08 bits per heavy atom. The Hall–Kier alpha value is -0.960. The summed E-state index contributed by atoms with van der Waals surface area (Å²) in [5.74, 6) is -1.57. The average Bonchev–Trinajstić information content (AvgIpc) is 2.41. The quantitative estimate of drug-likeness (QED) is 0.630. The maximum atomic E-state index is 13.1. The fraction of sp³-hybridized carbons (Fsp3) is 0.333. The molecular formula is C9H9F2N. The van der Waals surface area contributed by atoms with Crippen LogP contribution in [-0.4, -0.2) is 0 Å². The van der Waals surface area contributed by atoms with Crippen LogP contribution in [-0.2, 0) is 6.42 Å². The van der Waals surface area contributed by atoms with E-state index in [-0.39, 0.29) is 6.04 Å². The van der Waals surface area contributed by atoms with Crippen LogP contribution < -0.4 is 5.73 Å². The first kappa shape index (κ1) is 7.68. The van der Waals surface area contributed by atoms with E-state index in [0.29, 0.717) is 5.56 Å². The monoisotopic (exact) mass is 169 g/mol. The Morgan fingerprint density at radius 3 is 2.83 bits per heavy atom. The van der Waals surface area contributed by atoms with E-state index in [4.69, 9.17) is 5.73 Å². The maximum Gasteiger partial charge on any atom is 0.163 e. The molecule has 1 atom stereocenters. The summed E-state index contributed by atoms with van der Waals surface area (Å²) < 4.78 is 25.8. The molecule has 0 amide bonds. The van der Waals surface area contributed by atoms with Gasteiger partial charge in [-0.05, 0) is 24.5 Å². The lowest BCUT2D eigenvalue weighted by molar-refractivity contribution is 0.492. The average molecular weight is 169 g/mol. The highest BCUT2D eigenvalue weighted by Crippen LogP contribution is 2.32. The number of aryl methyl sites for hydroxylation is 1. The number of nitrogens with two attached hydrogens (primary N) is 1. The number of hydrogen-bond acceptors (Lipinski definition) is 1. The van der Waals surface area contributed by atoms with Crippen LogP contribution in [0.4, 0.5) is 8.78 Å². The second-order valence-electron chi connectivity index (χ2n) is 3.08. The van der Waals surface area contributed by atoms with Crippen LogP contribution in [0.1, 0.15) is 23.6 Å². The summed E-state index contributed by atoms with van der Waals surface area (Å²) in [6, 6.07) is 2.45. The van der Waals surface area contributed by atoms with E-state index in [1.165, 1.54) is 0 Å². The van der Waals surface area contributed by atoms with Crippen LogP contribution in [0.15, 0.2) is 12.1 Å². The molecule has 0 saturated carbocycles. The third-order valence-electron chi connectivity index (χ3n) is 2.32. The van der Waals surface area contributed by atoms with Gasteiger partial charge in [-0.2, -0.15) is 0 Å². The second-order valence-corrected chi connectivity index (χ2v) is 3.08. The van der Waals surface area contributed by atoms with Gasteiger partial charge in [0.2, 0.25) is 0 Å². The van der Waals surface area contributed by atoms with Crippen molar-refractivity contribution in [2.45, 2.75) is 18.9 Å². The Morgan fingerprint density at radius 1 is 1.33 bits per heavy atom. The molecule has 12 heavy (non-hydrogen) atoms. The third kappa shape index (κ3) is 0.932. The van der Waals surface area contributed by atoms with Gasteiger partial charge >= 0.3 is 0 Å². The Labute approximate surface area is 69.2 Å². The number of hydrogen-bond donors (Lipinski definition) is 1. The van der Waals surface area contributed by atoms with E-state index in [1.54, 1.807) is 6.07 Å². The van der Waals surface area contributed by atoms with Gasteiger partial charge in [0.05, 0.1) is 0 Å². The van der Waals surface area contributed by atoms with E-state index in [0.717, 1.165) is 24.5 Å². The molecule has 1 nitrogen and oxygen atoms in total. The van der Waals surface area contributed by atoms with Crippen molar-refractivity contribution in [3.05, 3.63) is 34.9 Å². The van der Waals surface area contributed by atoms with Gasteiger partial charge in [-0.15, -0.1) is 0 Å². The zero-order chi connectivity index (χ0) is 8.72. The molecule has 0 fully saturated rings. The molecule has 2 N–H and O–H groups in total. The van der Waals surface area contributed by atoms with Crippen LogP contribution in [0.3, 0.4) is 0 Å². The first-order valence-corrected chi connectivity index (χ1v) is 3.92. The van der Waals surface area contributed by atoms with Crippen LogP contribution in [0, 0.1) is 11.6 Å². The molecule has 0 saturated heterocycles. The SMILES string of the molecule is NC1CCc2ccc(F)c(F)c21. The normalized spacial score (nSPS) is 21.1. The Bertz CT molecular complexity index is 323. The van der Waals surface area contributed by atoms with Gasteiger partial charge in [-0.25, -0.2) is 8.78 Å². The molecule has 3 heteroatoms. The van der Waals surface area contributed by atoms with Gasteiger partial charge in [0.15, 0.2) is 11.6 Å². The lowest BCUT2D eigenvalue weighted by atomic mass is 10.1. The van der Waals surface area contributed by atoms with Crippen LogP contribution in [0.5, 0.6) is 0 Å². The van der Waals surface area contributed by atoms with Crippen molar-refractivity contribution in [1.82, 2.24) is 0 Å². The van der Waals surface area contributed by atoms with Gasteiger partial charge in [0, 0.05) is 11.6 Å². The van der Waals surface area contributed by atoms with E-state index in [2.05, 4.69) is 0 Å². The third-order valence-corrected chi connectivity index (χ3v) is 2.32. The molecule has 0 heterocycles. The van der Waals surface area contributed by atoms with Gasteiger partial charge in [0.25, 0.3) is 0 Å². The predicted molar refractivity (Wildman–Crippen MR) is 41.6 cm³/mol. The molecule has 1 aliphatic carbocycles. The predicted octanol–water partition coefficient (Wildman–Crippen LogP) is 1.91. The lowest BCUT2D eigenvalue weighted by Crippen LogP contribution is -2.08. The Kier molecular flexibility index (Phi) is 1.61. The van der Waals surface area contributed by atoms with Crippen molar-refractivity contribution < 1.29 is 8.78 Å². The lowest BCUT2D eigenvalue weighted by Gasteiger charge is -2.05. The molecule has 64 valence electrons. The maximum absolute atomic E-state index is 13.1. The molecule has 1 aromatic rings. The number of benzene rings is 1. The van der Waals surface area contributed by atoms with Crippen molar-refractivity contribution >= 4 is 0 Å². The topological polar surface area (TPSA) is 26.0 Å². The summed E-state index contributed by atoms with van der Waals surface area (Å²) in [6.07, 6.45) is 1.48. The smallest absolute Gasteiger partial charge is 0.163 e. The molecule has 2 rings (SSSR count). The minimum Gasteiger partial charge on any atom is -0.324 e. The van der Waals surface area contributed by atoms with Crippen molar-refractivity contribution in [2.75, 3.05) is 0 Å². The van der Waals surface area contributed by atoms with E-state index in [9.17, 15) is 8.78 Å². The van der Waals surface area contributed by atoms with Crippen LogP contribution in [0.25, 0.3) is 0 Å². The molecule has 0 spiro atoms. The largest absolute Gasteiger partial charge is 0.324 e. The van der Waals surface area contributed by atoms with Crippen molar-refractivity contribution in [3.8, 4) is 0 Å². The Balaban J connectivity index is 2.63.